The van der Waals surface area contributed by atoms with Gasteiger partial charge in [0.05, 0.1) is 11.4 Å². The quantitative estimate of drug-likeness (QED) is 0.816. The lowest BCUT2D eigenvalue weighted by molar-refractivity contribution is 0.458. The molecule has 0 aromatic carbocycles. The van der Waals surface area contributed by atoms with E-state index < -0.39 is 0 Å². The first-order valence-corrected chi connectivity index (χ1v) is 6.79. The third-order valence-electron chi connectivity index (χ3n) is 3.64. The van der Waals surface area contributed by atoms with Gasteiger partial charge in [-0.25, -0.2) is 0 Å². The molecule has 1 aliphatic carbocycles. The molecule has 0 radical (unpaired) electrons. The van der Waals surface area contributed by atoms with Crippen molar-refractivity contribution in [3.8, 4) is 0 Å². The van der Waals surface area contributed by atoms with E-state index in [4.69, 9.17) is 0 Å². The summed E-state index contributed by atoms with van der Waals surface area (Å²) in [5, 5.41) is 11.9. The number of aryl methyl sites for hydroxylation is 2. The number of aromatic nitrogens is 2. The molecule has 1 aromatic rings. The summed E-state index contributed by atoms with van der Waals surface area (Å²) in [5.41, 5.74) is 3.35. The molecule has 0 bridgehead atoms. The minimum absolute atomic E-state index is 0.699. The number of nitrogens with zero attached hydrogens (tertiary/aromatic N) is 2. The van der Waals surface area contributed by atoms with Crippen LogP contribution in [-0.2, 0) is 6.54 Å². The highest BCUT2D eigenvalue weighted by atomic mass is 15.1. The van der Waals surface area contributed by atoms with Crippen molar-refractivity contribution in [2.75, 3.05) is 0 Å². The third kappa shape index (κ3) is 3.77. The lowest BCUT2D eigenvalue weighted by Crippen LogP contribution is -2.28. The SMILES string of the molecule is Cc1cc(CNC2CCCCCC2)c(C)nn1. The van der Waals surface area contributed by atoms with Crippen LogP contribution in [0.5, 0.6) is 0 Å². The summed E-state index contributed by atoms with van der Waals surface area (Å²) in [6, 6.07) is 2.84. The molecule has 3 heteroatoms. The maximum atomic E-state index is 4.17. The number of nitrogens with one attached hydrogen (secondary N) is 1. The summed E-state index contributed by atoms with van der Waals surface area (Å²) >= 11 is 0. The Labute approximate surface area is 104 Å². The number of hydrogen-bond donors (Lipinski definition) is 1. The summed E-state index contributed by atoms with van der Waals surface area (Å²) in [6.45, 7) is 4.98. The minimum Gasteiger partial charge on any atom is -0.310 e. The van der Waals surface area contributed by atoms with E-state index in [1.165, 1.54) is 44.1 Å². The average molecular weight is 233 g/mol. The van der Waals surface area contributed by atoms with E-state index in [2.05, 4.69) is 21.6 Å². The Kier molecular flexibility index (Phi) is 4.49. The van der Waals surface area contributed by atoms with E-state index in [0.29, 0.717) is 6.04 Å². The van der Waals surface area contributed by atoms with Crippen LogP contribution >= 0.6 is 0 Å². The molecule has 1 N–H and O–H groups in total. The normalized spacial score (nSPS) is 18.0. The summed E-state index contributed by atoms with van der Waals surface area (Å²) in [4.78, 5) is 0. The molecular weight excluding hydrogens is 210 g/mol. The second-order valence-electron chi connectivity index (χ2n) is 5.17. The Morgan fingerprint density at radius 1 is 1.12 bits per heavy atom. The highest BCUT2D eigenvalue weighted by molar-refractivity contribution is 5.19. The lowest BCUT2D eigenvalue weighted by atomic mass is 10.1. The second kappa shape index (κ2) is 6.10. The van der Waals surface area contributed by atoms with Crippen molar-refractivity contribution >= 4 is 0 Å². The van der Waals surface area contributed by atoms with Crippen LogP contribution < -0.4 is 5.32 Å². The van der Waals surface area contributed by atoms with E-state index in [-0.39, 0.29) is 0 Å². The van der Waals surface area contributed by atoms with Crippen LogP contribution in [-0.4, -0.2) is 16.2 Å². The molecule has 3 nitrogen and oxygen atoms in total. The van der Waals surface area contributed by atoms with Crippen molar-refractivity contribution in [2.45, 2.75) is 65.0 Å². The molecule has 94 valence electrons. The van der Waals surface area contributed by atoms with Gasteiger partial charge in [-0.15, -0.1) is 0 Å². The Morgan fingerprint density at radius 3 is 2.53 bits per heavy atom. The van der Waals surface area contributed by atoms with E-state index in [9.17, 15) is 0 Å². The Balaban J connectivity index is 1.89. The topological polar surface area (TPSA) is 37.8 Å². The van der Waals surface area contributed by atoms with Crippen LogP contribution in [0.3, 0.4) is 0 Å². The second-order valence-corrected chi connectivity index (χ2v) is 5.17. The molecular formula is C14H23N3. The molecule has 1 aromatic heterocycles. The van der Waals surface area contributed by atoms with Crippen LogP contribution in [0.15, 0.2) is 6.07 Å². The molecule has 1 fully saturated rings. The number of rotatable bonds is 3. The summed E-state index contributed by atoms with van der Waals surface area (Å²) in [6.07, 6.45) is 8.24. The van der Waals surface area contributed by atoms with Gasteiger partial charge in [0.1, 0.15) is 0 Å². The minimum atomic E-state index is 0.699. The van der Waals surface area contributed by atoms with Gasteiger partial charge in [0, 0.05) is 12.6 Å². The zero-order chi connectivity index (χ0) is 12.1. The first-order valence-electron chi connectivity index (χ1n) is 6.79. The van der Waals surface area contributed by atoms with Crippen molar-refractivity contribution in [1.29, 1.82) is 0 Å². The van der Waals surface area contributed by atoms with Crippen LogP contribution in [0.2, 0.25) is 0 Å². The monoisotopic (exact) mass is 233 g/mol. The third-order valence-corrected chi connectivity index (χ3v) is 3.64. The molecule has 1 heterocycles. The molecule has 0 atom stereocenters. The Bertz CT molecular complexity index is 354. The van der Waals surface area contributed by atoms with E-state index in [0.717, 1.165) is 17.9 Å². The fraction of sp³-hybridized carbons (Fsp3) is 0.714. The van der Waals surface area contributed by atoms with E-state index in [1.807, 2.05) is 13.8 Å². The van der Waals surface area contributed by atoms with Crippen LogP contribution in [0.1, 0.15) is 55.5 Å². The van der Waals surface area contributed by atoms with E-state index in [1.54, 1.807) is 0 Å². The predicted octanol–water partition coefficient (Wildman–Crippen LogP) is 2.91. The van der Waals surface area contributed by atoms with Gasteiger partial charge in [-0.05, 0) is 38.3 Å². The maximum absolute atomic E-state index is 4.17. The van der Waals surface area contributed by atoms with Crippen LogP contribution in [0, 0.1) is 13.8 Å². The molecule has 1 saturated carbocycles. The molecule has 0 saturated heterocycles. The summed E-state index contributed by atoms with van der Waals surface area (Å²) < 4.78 is 0. The van der Waals surface area contributed by atoms with Crippen molar-refractivity contribution in [1.82, 2.24) is 15.5 Å². The highest BCUT2D eigenvalue weighted by Crippen LogP contribution is 2.17. The maximum Gasteiger partial charge on any atom is 0.0645 e. The smallest absolute Gasteiger partial charge is 0.0645 e. The molecule has 0 unspecified atom stereocenters. The van der Waals surface area contributed by atoms with Gasteiger partial charge in [-0.1, -0.05) is 25.7 Å². The molecule has 17 heavy (non-hydrogen) atoms. The summed E-state index contributed by atoms with van der Waals surface area (Å²) in [7, 11) is 0. The molecule has 1 aliphatic rings. The van der Waals surface area contributed by atoms with Gasteiger partial charge in [0.25, 0.3) is 0 Å². The fourth-order valence-electron chi connectivity index (χ4n) is 2.52. The standard InChI is InChI=1S/C14H23N3/c1-11-9-13(12(2)17-16-11)10-15-14-7-5-3-4-6-8-14/h9,14-15H,3-8,10H2,1-2H3. The van der Waals surface area contributed by atoms with Gasteiger partial charge in [-0.2, -0.15) is 10.2 Å². The first-order chi connectivity index (χ1) is 8.25. The van der Waals surface area contributed by atoms with Gasteiger partial charge in [0.15, 0.2) is 0 Å². The van der Waals surface area contributed by atoms with Crippen molar-refractivity contribution < 1.29 is 0 Å². The highest BCUT2D eigenvalue weighted by Gasteiger charge is 2.12. The fourth-order valence-corrected chi connectivity index (χ4v) is 2.52. The molecule has 0 aliphatic heterocycles. The Morgan fingerprint density at radius 2 is 1.82 bits per heavy atom. The number of hydrogen-bond acceptors (Lipinski definition) is 3. The van der Waals surface area contributed by atoms with E-state index >= 15 is 0 Å². The molecule has 2 rings (SSSR count). The predicted molar refractivity (Wildman–Crippen MR) is 69.8 cm³/mol. The zero-order valence-electron chi connectivity index (χ0n) is 11.0. The van der Waals surface area contributed by atoms with Gasteiger partial charge in [0.2, 0.25) is 0 Å². The van der Waals surface area contributed by atoms with Crippen LogP contribution in [0.25, 0.3) is 0 Å². The van der Waals surface area contributed by atoms with Gasteiger partial charge in [-0.3, -0.25) is 0 Å². The average Bonchev–Trinajstić information content (AvgIpc) is 2.59. The molecule has 0 amide bonds. The largest absolute Gasteiger partial charge is 0.310 e. The van der Waals surface area contributed by atoms with Crippen molar-refractivity contribution in [3.05, 3.63) is 23.0 Å². The van der Waals surface area contributed by atoms with Crippen LogP contribution in [0.4, 0.5) is 0 Å². The Hall–Kier alpha value is -0.960. The van der Waals surface area contributed by atoms with Gasteiger partial charge >= 0.3 is 0 Å². The van der Waals surface area contributed by atoms with Crippen molar-refractivity contribution in [3.63, 3.8) is 0 Å². The first kappa shape index (κ1) is 12.5. The molecule has 0 spiro atoms. The lowest BCUT2D eigenvalue weighted by Gasteiger charge is -2.16. The van der Waals surface area contributed by atoms with Gasteiger partial charge < -0.3 is 5.32 Å². The summed E-state index contributed by atoms with van der Waals surface area (Å²) in [5.74, 6) is 0. The zero-order valence-corrected chi connectivity index (χ0v) is 11.0. The van der Waals surface area contributed by atoms with Crippen molar-refractivity contribution in [2.24, 2.45) is 0 Å².